The van der Waals surface area contributed by atoms with E-state index >= 15 is 28.8 Å². The van der Waals surface area contributed by atoms with Crippen molar-refractivity contribution in [2.75, 3.05) is 105 Å². The molecule has 6 amide bonds. The molecule has 140 heavy (non-hydrogen) atoms. The van der Waals surface area contributed by atoms with Crippen molar-refractivity contribution in [1.82, 2.24) is 19.6 Å². The van der Waals surface area contributed by atoms with Crippen LogP contribution >= 0.6 is 0 Å². The van der Waals surface area contributed by atoms with Crippen molar-refractivity contribution in [3.63, 3.8) is 0 Å². The highest BCUT2D eigenvalue weighted by Crippen LogP contribution is 2.59. The predicted molar refractivity (Wildman–Crippen MR) is 539 cm³/mol. The summed E-state index contributed by atoms with van der Waals surface area (Å²) >= 11 is 0. The Hall–Kier alpha value is -12.6. The third-order valence-electron chi connectivity index (χ3n) is 26.4. The van der Waals surface area contributed by atoms with Gasteiger partial charge in [-0.05, 0) is 186 Å². The zero-order chi connectivity index (χ0) is 99.5. The quantitative estimate of drug-likeness (QED) is 0.00500. The van der Waals surface area contributed by atoms with Crippen molar-refractivity contribution in [2.24, 2.45) is 11.8 Å². The van der Waals surface area contributed by atoms with Gasteiger partial charge in [-0.1, -0.05) is 205 Å². The lowest BCUT2D eigenvalue weighted by Crippen LogP contribution is -2.55. The number of esters is 4. The number of ether oxygens (including phenoxy) is 12. The molecule has 2 heterocycles. The minimum Gasteiger partial charge on any atom is -0.460 e. The van der Waals surface area contributed by atoms with Gasteiger partial charge in [0.15, 0.2) is 0 Å². The van der Waals surface area contributed by atoms with E-state index in [-0.39, 0.29) is 241 Å². The molecular weight excluding hydrogens is 1780 g/mol. The second-order valence-corrected chi connectivity index (χ2v) is 37.3. The molecule has 4 aliphatic rings. The predicted octanol–water partition coefficient (Wildman–Crippen LogP) is 22.3. The summed E-state index contributed by atoms with van der Waals surface area (Å²) in [5.41, 5.74) is 4.84. The van der Waals surface area contributed by atoms with E-state index in [4.69, 9.17) is 56.8 Å². The summed E-state index contributed by atoms with van der Waals surface area (Å²) in [6.07, 6.45) is 18.8. The van der Waals surface area contributed by atoms with Crippen LogP contribution in [-0.2, 0) is 92.3 Å². The van der Waals surface area contributed by atoms with E-state index < -0.39 is 71.4 Å². The van der Waals surface area contributed by atoms with Crippen molar-refractivity contribution < 1.29 is 105 Å². The zero-order valence-electron chi connectivity index (χ0n) is 82.7. The molecule has 9 aromatic carbocycles. The molecule has 0 saturated heterocycles. The Bertz CT molecular complexity index is 5280. The number of carbonyl (C=O) groups excluding carboxylic acids is 10. The maximum Gasteiger partial charge on any atom is 0.333 e. The highest BCUT2D eigenvalue weighted by atomic mass is 16.6. The summed E-state index contributed by atoms with van der Waals surface area (Å²) in [6.45, 7) is 28.1. The van der Waals surface area contributed by atoms with Crippen LogP contribution in [0.4, 0.5) is 0 Å². The molecule has 744 valence electrons. The molecule has 2 aliphatic carbocycles. The minimum absolute atomic E-state index is 0.0234. The van der Waals surface area contributed by atoms with Gasteiger partial charge in [-0.15, -0.1) is 0 Å². The van der Waals surface area contributed by atoms with E-state index in [9.17, 15) is 19.2 Å². The number of fused-ring (bicyclic) bond motifs is 2. The summed E-state index contributed by atoms with van der Waals surface area (Å²) in [5, 5.41) is 1.86. The molecule has 9 aromatic rings. The highest BCUT2D eigenvalue weighted by molar-refractivity contribution is 6.45. The molecule has 26 heteroatoms. The number of carbonyl (C=O) groups is 10. The number of benzene rings is 9. The van der Waals surface area contributed by atoms with Crippen LogP contribution in [0, 0.1) is 11.8 Å². The van der Waals surface area contributed by atoms with Crippen molar-refractivity contribution >= 4 is 102 Å². The second kappa shape index (κ2) is 51.0. The van der Waals surface area contributed by atoms with Crippen LogP contribution in [0.25, 0.3) is 43.1 Å². The largest absolute Gasteiger partial charge is 0.460 e. The molecule has 0 spiro atoms. The molecule has 2 atom stereocenters. The molecule has 2 fully saturated rings. The zero-order valence-corrected chi connectivity index (χ0v) is 82.7. The second-order valence-electron chi connectivity index (χ2n) is 37.3. The Morgan fingerprint density at radius 1 is 0.314 bits per heavy atom. The summed E-state index contributed by atoms with van der Waals surface area (Å²) in [7, 11) is 0. The van der Waals surface area contributed by atoms with Crippen LogP contribution < -0.4 is 18.9 Å². The van der Waals surface area contributed by atoms with Gasteiger partial charge >= 0.3 is 23.9 Å². The SMILES string of the molecule is C=C(C)C(=O)OCCOCCN(CCOCCOC(=O)C(=C)C)C(=O)C(CCC1CCCCCC1)N1C(=O)c2cc(Oc3ccc(CCC)cc3)c3c4c(Oc5ccc(CCC)cc5)cc5c6c(cc(Oc7ccc(CCC)cc7)c(c7c(Oc8ccc(CCC)cc8)cc(c2c37)C1=O)c64)C(=O)N(C(CCC1CCCCCC1)C(=O)N(CCOCCOC(=O)C(=C)C)CCOCCOC(=O)C(=C)C)C5=O. The maximum absolute atomic E-state index is 17.4. The monoisotopic (exact) mass is 1910 g/mol. The van der Waals surface area contributed by atoms with Gasteiger partial charge in [0.05, 0.1) is 75.1 Å². The Labute approximate surface area is 821 Å². The normalized spacial score (nSPS) is 14.5. The van der Waals surface area contributed by atoms with Gasteiger partial charge in [-0.25, -0.2) is 19.2 Å². The fourth-order valence-electron chi connectivity index (χ4n) is 19.3. The first-order valence-corrected chi connectivity index (χ1v) is 50.2. The van der Waals surface area contributed by atoms with Gasteiger partial charge in [0, 0.05) is 91.6 Å². The number of aryl methyl sites for hydroxylation is 4. The number of amides is 6. The molecule has 0 radical (unpaired) electrons. The third-order valence-corrected chi connectivity index (χ3v) is 26.4. The molecule has 2 aliphatic heterocycles. The third kappa shape index (κ3) is 26.3. The lowest BCUT2D eigenvalue weighted by atomic mass is 9.80. The number of rotatable bonds is 54. The topological polar surface area (TPSA) is 294 Å². The smallest absolute Gasteiger partial charge is 0.333 e. The van der Waals surface area contributed by atoms with Crippen LogP contribution in [0.3, 0.4) is 0 Å². The summed E-state index contributed by atoms with van der Waals surface area (Å²) in [5.74, 6) is -5.00. The number of hydrogen-bond acceptors (Lipinski definition) is 22. The molecule has 2 saturated carbocycles. The van der Waals surface area contributed by atoms with E-state index in [1.54, 1.807) is 24.3 Å². The van der Waals surface area contributed by atoms with Gasteiger partial charge in [0.1, 0.15) is 84.5 Å². The number of imide groups is 2. The fourth-order valence-corrected chi connectivity index (χ4v) is 19.3. The lowest BCUT2D eigenvalue weighted by Gasteiger charge is -2.38. The molecule has 2 unspecified atom stereocenters. The maximum atomic E-state index is 17.4. The van der Waals surface area contributed by atoms with Crippen molar-refractivity contribution in [3.8, 4) is 46.0 Å². The molecular formula is C114H136N4O22. The summed E-state index contributed by atoms with van der Waals surface area (Å²) < 4.78 is 75.9. The number of nitrogens with zero attached hydrogens (tertiary/aromatic N) is 4. The molecule has 0 bridgehead atoms. The molecule has 0 aromatic heterocycles. The van der Waals surface area contributed by atoms with E-state index in [1.807, 2.05) is 97.1 Å². The Morgan fingerprint density at radius 2 is 0.543 bits per heavy atom. The van der Waals surface area contributed by atoms with Gasteiger partial charge in [-0.3, -0.25) is 38.6 Å². The van der Waals surface area contributed by atoms with Gasteiger partial charge in [-0.2, -0.15) is 0 Å². The summed E-state index contributed by atoms with van der Waals surface area (Å²) in [4.78, 5) is 158. The average molecular weight is 1910 g/mol. The molecule has 0 N–H and O–H groups in total. The van der Waals surface area contributed by atoms with Crippen LogP contribution in [0.2, 0.25) is 0 Å². The Kier molecular flexibility index (Phi) is 38.1. The van der Waals surface area contributed by atoms with Gasteiger partial charge in [0.25, 0.3) is 23.6 Å². The fraction of sp³-hybridized carbons (Fsp3) is 0.456. The number of hydrogen-bond donors (Lipinski definition) is 0. The van der Waals surface area contributed by atoms with Crippen LogP contribution in [0.5, 0.6) is 46.0 Å². The van der Waals surface area contributed by atoms with Crippen molar-refractivity contribution in [3.05, 3.63) is 214 Å². The first-order valence-electron chi connectivity index (χ1n) is 50.2. The Morgan fingerprint density at radius 3 is 0.757 bits per heavy atom. The van der Waals surface area contributed by atoms with Crippen LogP contribution in [0.1, 0.15) is 247 Å². The van der Waals surface area contributed by atoms with E-state index in [0.29, 0.717) is 35.8 Å². The molecule has 13 rings (SSSR count). The van der Waals surface area contributed by atoms with Gasteiger partial charge in [0.2, 0.25) is 11.8 Å². The van der Waals surface area contributed by atoms with E-state index in [2.05, 4.69) is 54.0 Å². The lowest BCUT2D eigenvalue weighted by molar-refractivity contribution is -0.142. The first-order chi connectivity index (χ1) is 67.8. The van der Waals surface area contributed by atoms with Crippen molar-refractivity contribution in [2.45, 2.75) is 222 Å². The van der Waals surface area contributed by atoms with Gasteiger partial charge < -0.3 is 66.6 Å². The van der Waals surface area contributed by atoms with Crippen LogP contribution in [-0.4, -0.2) is 196 Å². The average Bonchev–Trinajstić information content (AvgIpc) is 0.676. The van der Waals surface area contributed by atoms with Crippen LogP contribution in [0.15, 0.2) is 170 Å². The minimum atomic E-state index is -1.47. The summed E-state index contributed by atoms with van der Waals surface area (Å²) in [6, 6.07) is 34.1. The first kappa shape index (κ1) is 105. The molecule has 26 nitrogen and oxygen atoms in total. The van der Waals surface area contributed by atoms with E-state index in [0.717, 1.165) is 160 Å². The standard InChI is InChI=1S/C114H136N4O22/c1-13-25-77-33-43-83(44-34-77)137-93-69-87-97-88(106(120)117(105(87)119)91(51-41-81-29-21-17-18-22-30-81)109(123)115(53-57-129-61-65-133-111(125)73(5)6)54-58-130-62-66-134-112(126)74(7)8)71-95(139-85-47-37-79(27-15-3)38-48-85)101-102-96(140-86-49-39-80(28-16-4)40-50-86)72-90-98-89(70-94(100(104(98)102)99(93)103(97)101)138-84-45-35-78(26-14-2)36-46-84)107(121)118(108(90)122)92(52-42-82-31-23-19-20-24-32-82)110(124)116(55-59-131-63-67-135-113(127)75(9)10)56-60-132-64-68-136-114(128)76(11)12/h33-40,43-50,69-72,81-82,91-92H,5,7,9,11,13-32,41-42,51-68H2,1-4,6,8,10,12H3. The van der Waals surface area contributed by atoms with Crippen molar-refractivity contribution in [1.29, 1.82) is 0 Å². The Balaban J connectivity index is 1.09. The van der Waals surface area contributed by atoms with E-state index in [1.165, 1.54) is 37.5 Å². The highest BCUT2D eigenvalue weighted by Gasteiger charge is 2.48.